The number of halogens is 1. The lowest BCUT2D eigenvalue weighted by Crippen LogP contribution is -2.49. The van der Waals surface area contributed by atoms with Crippen LogP contribution in [0.5, 0.6) is 5.75 Å². The Labute approximate surface area is 95.6 Å². The van der Waals surface area contributed by atoms with Crippen molar-refractivity contribution < 1.29 is 9.13 Å². The van der Waals surface area contributed by atoms with Crippen LogP contribution in [0.15, 0.2) is 24.3 Å². The molecule has 0 spiro atoms. The average Bonchev–Trinajstić information content (AvgIpc) is 2.27. The maximum atomic E-state index is 13.4. The molecule has 1 aromatic carbocycles. The molecule has 0 bridgehead atoms. The van der Waals surface area contributed by atoms with E-state index >= 15 is 0 Å². The quantitative estimate of drug-likeness (QED) is 0.650. The molecule has 0 saturated heterocycles. The monoisotopic (exact) mass is 220 g/mol. The van der Waals surface area contributed by atoms with E-state index in [1.54, 1.807) is 0 Å². The number of fused-ring (bicyclic) bond motifs is 2. The molecular weight excluding hydrogens is 203 g/mol. The second-order valence-electron chi connectivity index (χ2n) is 5.30. The number of ether oxygens (including phenoxy) is 1. The summed E-state index contributed by atoms with van der Waals surface area (Å²) in [5.41, 5.74) is 1.09. The first-order valence-corrected chi connectivity index (χ1v) is 6.08. The highest BCUT2D eigenvalue weighted by Crippen LogP contribution is 2.45. The summed E-state index contributed by atoms with van der Waals surface area (Å²) in [4.78, 5) is 0. The van der Waals surface area contributed by atoms with Crippen LogP contribution in [0.2, 0.25) is 0 Å². The highest BCUT2D eigenvalue weighted by molar-refractivity contribution is 5.37. The molecule has 0 N–H and O–H groups in total. The fraction of sp³-hybridized carbons (Fsp3) is 0.571. The molecule has 1 nitrogen and oxygen atoms in total. The number of benzene rings is 1. The Morgan fingerprint density at radius 1 is 1.38 bits per heavy atom. The Hall–Kier alpha value is -1.05. The lowest BCUT2D eigenvalue weighted by Gasteiger charge is -2.46. The summed E-state index contributed by atoms with van der Waals surface area (Å²) in [6, 6.07) is 8.15. The molecule has 0 radical (unpaired) electrons. The van der Waals surface area contributed by atoms with Gasteiger partial charge in [0, 0.05) is 5.92 Å². The Morgan fingerprint density at radius 3 is 3.06 bits per heavy atom. The van der Waals surface area contributed by atoms with E-state index in [-0.39, 0.29) is 5.60 Å². The van der Waals surface area contributed by atoms with Gasteiger partial charge in [-0.15, -0.1) is 0 Å². The largest absolute Gasteiger partial charge is 0.487 e. The maximum absolute atomic E-state index is 13.4. The average molecular weight is 220 g/mol. The standard InChI is InChI=1S/C14H17FO/c1-14-7-6-12(15)9-11(14)8-10-4-2-3-5-13(10)16-14/h2-5,11-12H,6-9H2,1H3/t11-,12-,14-/m0/s1. The third kappa shape index (κ3) is 1.51. The lowest BCUT2D eigenvalue weighted by molar-refractivity contribution is -0.0423. The van der Waals surface area contributed by atoms with E-state index in [0.717, 1.165) is 18.6 Å². The van der Waals surface area contributed by atoms with E-state index in [9.17, 15) is 4.39 Å². The van der Waals surface area contributed by atoms with Crippen molar-refractivity contribution >= 4 is 0 Å². The zero-order chi connectivity index (χ0) is 11.2. The van der Waals surface area contributed by atoms with Gasteiger partial charge in [0.15, 0.2) is 0 Å². The van der Waals surface area contributed by atoms with Crippen LogP contribution in [0, 0.1) is 5.92 Å². The number of alkyl halides is 1. The van der Waals surface area contributed by atoms with Gasteiger partial charge in [-0.25, -0.2) is 4.39 Å². The lowest BCUT2D eigenvalue weighted by atomic mass is 9.71. The fourth-order valence-corrected chi connectivity index (χ4v) is 3.05. The molecule has 1 heterocycles. The predicted molar refractivity (Wildman–Crippen MR) is 61.4 cm³/mol. The van der Waals surface area contributed by atoms with Gasteiger partial charge in [-0.1, -0.05) is 18.2 Å². The van der Waals surface area contributed by atoms with Crippen LogP contribution in [-0.4, -0.2) is 11.8 Å². The van der Waals surface area contributed by atoms with Gasteiger partial charge >= 0.3 is 0 Å². The minimum atomic E-state index is -0.632. The molecule has 0 aromatic heterocycles. The molecule has 2 aliphatic rings. The molecule has 1 fully saturated rings. The predicted octanol–water partition coefficient (Wildman–Crippen LogP) is 3.52. The first kappa shape index (κ1) is 10.1. The van der Waals surface area contributed by atoms with Crippen LogP contribution in [0.3, 0.4) is 0 Å². The van der Waals surface area contributed by atoms with Crippen LogP contribution in [-0.2, 0) is 6.42 Å². The number of para-hydroxylation sites is 1. The normalized spacial score (nSPS) is 37.1. The van der Waals surface area contributed by atoms with E-state index in [0.29, 0.717) is 18.8 Å². The molecule has 0 amide bonds. The smallest absolute Gasteiger partial charge is 0.123 e. The number of hydrogen-bond donors (Lipinski definition) is 0. The summed E-state index contributed by atoms with van der Waals surface area (Å²) < 4.78 is 19.5. The third-order valence-corrected chi connectivity index (χ3v) is 4.14. The molecule has 16 heavy (non-hydrogen) atoms. The zero-order valence-electron chi connectivity index (χ0n) is 9.58. The SMILES string of the molecule is C[C@]12CC[C@H](F)C[C@@H]1Cc1ccccc1O2. The summed E-state index contributed by atoms with van der Waals surface area (Å²) in [5, 5.41) is 0. The van der Waals surface area contributed by atoms with Crippen LogP contribution in [0.25, 0.3) is 0 Å². The second kappa shape index (κ2) is 3.47. The summed E-state index contributed by atoms with van der Waals surface area (Å²) in [6.07, 6.45) is 2.48. The van der Waals surface area contributed by atoms with Crippen LogP contribution < -0.4 is 4.74 Å². The summed E-state index contributed by atoms with van der Waals surface area (Å²) in [7, 11) is 0. The molecular formula is C14H17FO. The van der Waals surface area contributed by atoms with Crippen LogP contribution in [0.4, 0.5) is 4.39 Å². The van der Waals surface area contributed by atoms with E-state index < -0.39 is 6.17 Å². The van der Waals surface area contributed by atoms with Crippen molar-refractivity contribution in [1.82, 2.24) is 0 Å². The molecule has 1 saturated carbocycles. The molecule has 3 atom stereocenters. The van der Waals surface area contributed by atoms with Crippen molar-refractivity contribution in [2.75, 3.05) is 0 Å². The first-order valence-electron chi connectivity index (χ1n) is 6.08. The Morgan fingerprint density at radius 2 is 2.19 bits per heavy atom. The van der Waals surface area contributed by atoms with Gasteiger partial charge in [-0.05, 0) is 44.2 Å². The van der Waals surface area contributed by atoms with Crippen molar-refractivity contribution in [3.63, 3.8) is 0 Å². The molecule has 1 aromatic rings. The molecule has 1 aliphatic carbocycles. The van der Waals surface area contributed by atoms with Crippen molar-refractivity contribution in [3.8, 4) is 5.75 Å². The van der Waals surface area contributed by atoms with Gasteiger partial charge in [0.25, 0.3) is 0 Å². The van der Waals surface area contributed by atoms with E-state index in [1.165, 1.54) is 5.56 Å². The third-order valence-electron chi connectivity index (χ3n) is 4.14. The van der Waals surface area contributed by atoms with Gasteiger partial charge < -0.3 is 4.74 Å². The first-order chi connectivity index (χ1) is 7.67. The Bertz CT molecular complexity index is 403. The highest BCUT2D eigenvalue weighted by atomic mass is 19.1. The molecule has 1 aliphatic heterocycles. The number of rotatable bonds is 0. The van der Waals surface area contributed by atoms with Crippen LogP contribution in [0.1, 0.15) is 31.7 Å². The van der Waals surface area contributed by atoms with Gasteiger partial charge in [0.05, 0.1) is 0 Å². The van der Waals surface area contributed by atoms with E-state index in [4.69, 9.17) is 4.74 Å². The zero-order valence-corrected chi connectivity index (χ0v) is 9.58. The van der Waals surface area contributed by atoms with E-state index in [2.05, 4.69) is 13.0 Å². The van der Waals surface area contributed by atoms with Gasteiger partial charge in [0.2, 0.25) is 0 Å². The van der Waals surface area contributed by atoms with Gasteiger partial charge in [-0.3, -0.25) is 0 Å². The van der Waals surface area contributed by atoms with Crippen molar-refractivity contribution in [1.29, 1.82) is 0 Å². The van der Waals surface area contributed by atoms with Crippen LogP contribution >= 0.6 is 0 Å². The topological polar surface area (TPSA) is 9.23 Å². The fourth-order valence-electron chi connectivity index (χ4n) is 3.05. The second-order valence-corrected chi connectivity index (χ2v) is 5.30. The van der Waals surface area contributed by atoms with Gasteiger partial charge in [-0.2, -0.15) is 0 Å². The van der Waals surface area contributed by atoms with Crippen molar-refractivity contribution in [3.05, 3.63) is 29.8 Å². The molecule has 3 rings (SSSR count). The summed E-state index contributed by atoms with van der Waals surface area (Å²) in [5.74, 6) is 1.34. The van der Waals surface area contributed by atoms with Crippen molar-refractivity contribution in [2.45, 2.75) is 44.4 Å². The maximum Gasteiger partial charge on any atom is 0.123 e. The van der Waals surface area contributed by atoms with E-state index in [1.807, 2.05) is 18.2 Å². The van der Waals surface area contributed by atoms with Crippen molar-refractivity contribution in [2.24, 2.45) is 5.92 Å². The highest BCUT2D eigenvalue weighted by Gasteiger charge is 2.44. The molecule has 2 heteroatoms. The molecule has 86 valence electrons. The number of hydrogen-bond acceptors (Lipinski definition) is 1. The molecule has 0 unspecified atom stereocenters. The van der Waals surface area contributed by atoms with Gasteiger partial charge in [0.1, 0.15) is 17.5 Å². The summed E-state index contributed by atoms with van der Waals surface area (Å²) in [6.45, 7) is 2.14. The minimum Gasteiger partial charge on any atom is -0.487 e. The summed E-state index contributed by atoms with van der Waals surface area (Å²) >= 11 is 0. The Kier molecular flexibility index (Phi) is 2.20. The Balaban J connectivity index is 1.94. The minimum absolute atomic E-state index is 0.142.